The Kier molecular flexibility index (Phi) is 4.79. The molecule has 2 rings (SSSR count). The van der Waals surface area contributed by atoms with E-state index in [0.29, 0.717) is 10.8 Å². The number of aromatic nitrogens is 1. The molecule has 0 aliphatic rings. The van der Waals surface area contributed by atoms with Gasteiger partial charge in [-0.05, 0) is 12.1 Å². The minimum Gasteiger partial charge on any atom is -0.504 e. The Labute approximate surface area is 129 Å². The number of hydrazone groups is 1. The van der Waals surface area contributed by atoms with Crippen molar-refractivity contribution in [3.63, 3.8) is 0 Å². The van der Waals surface area contributed by atoms with Gasteiger partial charge in [-0.25, -0.2) is 4.98 Å². The second kappa shape index (κ2) is 6.76. The van der Waals surface area contributed by atoms with E-state index in [1.165, 1.54) is 36.8 Å². The van der Waals surface area contributed by atoms with Crippen molar-refractivity contribution in [3.8, 4) is 17.2 Å². The number of hydrogen-bond acceptors (Lipinski definition) is 9. The summed E-state index contributed by atoms with van der Waals surface area (Å²) in [6.45, 7) is 0. The van der Waals surface area contributed by atoms with Gasteiger partial charge in [0.05, 0.1) is 25.4 Å². The molecule has 9 heteroatoms. The van der Waals surface area contributed by atoms with Gasteiger partial charge in [0.1, 0.15) is 0 Å². The predicted molar refractivity (Wildman–Crippen MR) is 80.5 cm³/mol. The first-order valence-electron chi connectivity index (χ1n) is 6.05. The third-order valence-corrected chi connectivity index (χ3v) is 3.43. The van der Waals surface area contributed by atoms with Crippen LogP contribution in [0.15, 0.2) is 22.6 Å². The van der Waals surface area contributed by atoms with Gasteiger partial charge in [-0.15, -0.1) is 11.3 Å². The van der Waals surface area contributed by atoms with Crippen molar-refractivity contribution in [3.05, 3.63) is 28.8 Å². The number of phenols is 3. The molecule has 0 aliphatic carbocycles. The number of hydrogen-bond donors (Lipinski definition) is 4. The predicted octanol–water partition coefficient (Wildman–Crippen LogP) is 1.42. The van der Waals surface area contributed by atoms with Crippen LogP contribution >= 0.6 is 11.3 Å². The molecule has 1 heterocycles. The van der Waals surface area contributed by atoms with Gasteiger partial charge < -0.3 is 20.1 Å². The smallest absolute Gasteiger partial charge is 0.311 e. The summed E-state index contributed by atoms with van der Waals surface area (Å²) in [5.74, 6) is -1.89. The van der Waals surface area contributed by atoms with Crippen LogP contribution in [-0.4, -0.2) is 39.6 Å². The minimum absolute atomic E-state index is 0.0744. The maximum Gasteiger partial charge on any atom is 0.311 e. The zero-order valence-corrected chi connectivity index (χ0v) is 12.3. The van der Waals surface area contributed by atoms with Gasteiger partial charge in [0, 0.05) is 10.9 Å². The number of aromatic hydroxyl groups is 3. The van der Waals surface area contributed by atoms with E-state index < -0.39 is 17.2 Å². The summed E-state index contributed by atoms with van der Waals surface area (Å²) < 4.78 is 4.54. The van der Waals surface area contributed by atoms with Crippen LogP contribution in [0.4, 0.5) is 5.13 Å². The SMILES string of the molecule is COC(=O)Cc1csc(N/N=C/c2ccc(O)c(O)c2O)n1. The number of benzene rings is 1. The van der Waals surface area contributed by atoms with Gasteiger partial charge in [-0.1, -0.05) is 0 Å². The molecule has 0 saturated carbocycles. The van der Waals surface area contributed by atoms with Crippen LogP contribution in [0.2, 0.25) is 0 Å². The van der Waals surface area contributed by atoms with Crippen LogP contribution < -0.4 is 5.43 Å². The van der Waals surface area contributed by atoms with Crippen LogP contribution in [0.1, 0.15) is 11.3 Å². The van der Waals surface area contributed by atoms with E-state index in [4.69, 9.17) is 0 Å². The van der Waals surface area contributed by atoms with E-state index in [1.54, 1.807) is 5.38 Å². The van der Waals surface area contributed by atoms with Crippen LogP contribution in [0.25, 0.3) is 0 Å². The Morgan fingerprint density at radius 2 is 2.18 bits per heavy atom. The molecule has 22 heavy (non-hydrogen) atoms. The molecule has 0 aliphatic heterocycles. The molecular weight excluding hydrogens is 310 g/mol. The highest BCUT2D eigenvalue weighted by Gasteiger charge is 2.09. The van der Waals surface area contributed by atoms with E-state index in [1.807, 2.05) is 0 Å². The summed E-state index contributed by atoms with van der Waals surface area (Å²) in [5, 5.41) is 34.2. The lowest BCUT2D eigenvalue weighted by Gasteiger charge is -2.03. The molecular formula is C13H13N3O5S. The van der Waals surface area contributed by atoms with Crippen LogP contribution in [0.5, 0.6) is 17.2 Å². The van der Waals surface area contributed by atoms with Crippen LogP contribution in [-0.2, 0) is 16.0 Å². The fourth-order valence-corrected chi connectivity index (χ4v) is 2.16. The highest BCUT2D eigenvalue weighted by molar-refractivity contribution is 7.13. The summed E-state index contributed by atoms with van der Waals surface area (Å²) in [5.41, 5.74) is 3.41. The number of ether oxygens (including phenoxy) is 1. The van der Waals surface area contributed by atoms with Gasteiger partial charge in [0.2, 0.25) is 10.9 Å². The lowest BCUT2D eigenvalue weighted by molar-refractivity contribution is -0.139. The quantitative estimate of drug-likeness (QED) is 0.284. The van der Waals surface area contributed by atoms with Gasteiger partial charge in [0.15, 0.2) is 11.5 Å². The molecule has 0 amide bonds. The van der Waals surface area contributed by atoms with E-state index in [2.05, 4.69) is 20.2 Å². The monoisotopic (exact) mass is 323 g/mol. The fourth-order valence-electron chi connectivity index (χ4n) is 1.51. The second-order valence-electron chi connectivity index (χ2n) is 4.14. The van der Waals surface area contributed by atoms with Crippen molar-refractivity contribution >= 4 is 28.7 Å². The Balaban J connectivity index is 2.01. The summed E-state index contributed by atoms with van der Waals surface area (Å²) in [6, 6.07) is 2.62. The molecule has 0 spiro atoms. The molecule has 116 valence electrons. The van der Waals surface area contributed by atoms with Gasteiger partial charge in [-0.3, -0.25) is 10.2 Å². The molecule has 0 fully saturated rings. The Morgan fingerprint density at radius 3 is 2.91 bits per heavy atom. The normalized spacial score (nSPS) is 10.8. The minimum atomic E-state index is -0.612. The Hall–Kier alpha value is -2.81. The fraction of sp³-hybridized carbons (Fsp3) is 0.154. The number of anilines is 1. The summed E-state index contributed by atoms with van der Waals surface area (Å²) >= 11 is 1.25. The number of thiazole rings is 1. The van der Waals surface area contributed by atoms with E-state index in [9.17, 15) is 20.1 Å². The molecule has 0 bridgehead atoms. The highest BCUT2D eigenvalue weighted by atomic mass is 32.1. The lowest BCUT2D eigenvalue weighted by atomic mass is 10.2. The summed E-state index contributed by atoms with van der Waals surface area (Å²) in [7, 11) is 1.30. The average Bonchev–Trinajstić information content (AvgIpc) is 2.94. The van der Waals surface area contributed by atoms with Crippen molar-refractivity contribution in [2.45, 2.75) is 6.42 Å². The zero-order valence-electron chi connectivity index (χ0n) is 11.5. The topological polar surface area (TPSA) is 124 Å². The van der Waals surface area contributed by atoms with Crippen molar-refractivity contribution < 1.29 is 24.9 Å². The molecule has 0 radical (unpaired) electrons. The number of carbonyl (C=O) groups is 1. The first-order chi connectivity index (χ1) is 10.5. The number of rotatable bonds is 5. The molecule has 2 aromatic rings. The van der Waals surface area contributed by atoms with Crippen LogP contribution in [0.3, 0.4) is 0 Å². The third-order valence-electron chi connectivity index (χ3n) is 2.63. The van der Waals surface area contributed by atoms with Gasteiger partial charge in [0.25, 0.3) is 0 Å². The maximum atomic E-state index is 11.1. The summed E-state index contributed by atoms with van der Waals surface area (Å²) in [6.07, 6.45) is 1.33. The van der Waals surface area contributed by atoms with Crippen LogP contribution in [0, 0.1) is 0 Å². The average molecular weight is 323 g/mol. The zero-order chi connectivity index (χ0) is 16.1. The maximum absolute atomic E-state index is 11.1. The number of phenolic OH excluding ortho intramolecular Hbond substituents is 3. The molecule has 0 saturated heterocycles. The number of nitrogens with zero attached hydrogens (tertiary/aromatic N) is 2. The van der Waals surface area contributed by atoms with Gasteiger partial charge >= 0.3 is 5.97 Å². The number of carbonyl (C=O) groups excluding carboxylic acids is 1. The first kappa shape index (κ1) is 15.6. The van der Waals surface area contributed by atoms with Crippen molar-refractivity contribution in [2.24, 2.45) is 5.10 Å². The Morgan fingerprint density at radius 1 is 1.41 bits per heavy atom. The van der Waals surface area contributed by atoms with Crippen molar-refractivity contribution in [1.29, 1.82) is 0 Å². The second-order valence-corrected chi connectivity index (χ2v) is 5.00. The molecule has 0 atom stereocenters. The highest BCUT2D eigenvalue weighted by Crippen LogP contribution is 2.36. The lowest BCUT2D eigenvalue weighted by Crippen LogP contribution is -2.04. The standard InChI is InChI=1S/C13H13N3O5S/c1-21-10(18)4-8-6-22-13(15-8)16-14-5-7-2-3-9(17)12(20)11(7)19/h2-3,5-6,17,19-20H,4H2,1H3,(H,15,16)/b14-5+. The Bertz CT molecular complexity index is 714. The number of nitrogens with one attached hydrogen (secondary N) is 1. The molecule has 1 aromatic heterocycles. The first-order valence-corrected chi connectivity index (χ1v) is 6.93. The number of esters is 1. The van der Waals surface area contributed by atoms with E-state index in [-0.39, 0.29) is 18.0 Å². The van der Waals surface area contributed by atoms with E-state index in [0.717, 1.165) is 0 Å². The number of methoxy groups -OCH3 is 1. The van der Waals surface area contributed by atoms with Gasteiger partial charge in [-0.2, -0.15) is 5.10 Å². The largest absolute Gasteiger partial charge is 0.504 e. The molecule has 1 aromatic carbocycles. The molecule has 8 nitrogen and oxygen atoms in total. The summed E-state index contributed by atoms with van der Waals surface area (Å²) in [4.78, 5) is 15.2. The van der Waals surface area contributed by atoms with E-state index >= 15 is 0 Å². The molecule has 0 unspecified atom stereocenters. The van der Waals surface area contributed by atoms with Crippen molar-refractivity contribution in [1.82, 2.24) is 4.98 Å². The third kappa shape index (κ3) is 3.64. The molecule has 4 N–H and O–H groups in total. The van der Waals surface area contributed by atoms with Crippen molar-refractivity contribution in [2.75, 3.05) is 12.5 Å².